The van der Waals surface area contributed by atoms with Crippen molar-refractivity contribution in [3.63, 3.8) is 0 Å². The Morgan fingerprint density at radius 3 is 2.76 bits per heavy atom. The molecule has 1 atom stereocenters. The van der Waals surface area contributed by atoms with Crippen molar-refractivity contribution in [2.75, 3.05) is 13.2 Å². The molecule has 0 saturated carbocycles. The van der Waals surface area contributed by atoms with Gasteiger partial charge in [-0.25, -0.2) is 4.39 Å². The van der Waals surface area contributed by atoms with Crippen molar-refractivity contribution in [1.29, 1.82) is 0 Å². The monoisotopic (exact) mass is 236 g/mol. The second kappa shape index (κ2) is 4.96. The van der Waals surface area contributed by atoms with Crippen LogP contribution in [0, 0.1) is 5.92 Å². The standard InChI is InChI=1S/C14H17FO2/c1-14(15,12-5-7-17-8-6-12)13-4-2-3-11(9-13)10-16/h2-4,9-10,12H,5-8H2,1H3. The Balaban J connectivity index is 2.25. The minimum absolute atomic E-state index is 0.0295. The second-order valence-electron chi connectivity index (χ2n) is 4.71. The van der Waals surface area contributed by atoms with Crippen molar-refractivity contribution in [1.82, 2.24) is 0 Å². The molecule has 1 aliphatic rings. The third-order valence-corrected chi connectivity index (χ3v) is 3.58. The Labute approximate surface area is 101 Å². The Morgan fingerprint density at radius 1 is 1.41 bits per heavy atom. The van der Waals surface area contributed by atoms with E-state index in [4.69, 9.17) is 4.74 Å². The predicted octanol–water partition coefficient (Wildman–Crippen LogP) is 3.11. The molecule has 0 aliphatic carbocycles. The summed E-state index contributed by atoms with van der Waals surface area (Å²) in [5, 5.41) is 0. The predicted molar refractivity (Wildman–Crippen MR) is 63.8 cm³/mol. The molecule has 1 aromatic rings. The number of carbonyl (C=O) groups is 1. The molecule has 17 heavy (non-hydrogen) atoms. The number of aldehydes is 1. The number of ether oxygens (including phenoxy) is 1. The van der Waals surface area contributed by atoms with E-state index in [2.05, 4.69) is 0 Å². The molecule has 0 bridgehead atoms. The van der Waals surface area contributed by atoms with E-state index in [9.17, 15) is 9.18 Å². The minimum Gasteiger partial charge on any atom is -0.381 e. The fraction of sp³-hybridized carbons (Fsp3) is 0.500. The highest BCUT2D eigenvalue weighted by molar-refractivity contribution is 5.75. The molecule has 3 heteroatoms. The molecular weight excluding hydrogens is 219 g/mol. The molecule has 1 fully saturated rings. The number of rotatable bonds is 3. The van der Waals surface area contributed by atoms with Gasteiger partial charge in [-0.2, -0.15) is 0 Å². The quantitative estimate of drug-likeness (QED) is 0.754. The fourth-order valence-electron chi connectivity index (χ4n) is 2.39. The van der Waals surface area contributed by atoms with Gasteiger partial charge in [0.2, 0.25) is 0 Å². The van der Waals surface area contributed by atoms with Gasteiger partial charge in [0, 0.05) is 24.7 Å². The Bertz CT molecular complexity index is 395. The molecule has 0 aromatic heterocycles. The molecular formula is C14H17FO2. The van der Waals surface area contributed by atoms with E-state index >= 15 is 0 Å². The first-order chi connectivity index (χ1) is 8.14. The number of hydrogen-bond donors (Lipinski definition) is 0. The molecule has 1 aliphatic heterocycles. The van der Waals surface area contributed by atoms with E-state index < -0.39 is 5.67 Å². The van der Waals surface area contributed by atoms with E-state index in [1.807, 2.05) is 0 Å². The summed E-state index contributed by atoms with van der Waals surface area (Å²) in [5.74, 6) is -0.0295. The normalized spacial score (nSPS) is 20.8. The van der Waals surface area contributed by atoms with Crippen LogP contribution in [0.3, 0.4) is 0 Å². The first kappa shape index (κ1) is 12.2. The zero-order valence-electron chi connectivity index (χ0n) is 9.99. The fourth-order valence-corrected chi connectivity index (χ4v) is 2.39. The largest absolute Gasteiger partial charge is 0.381 e. The lowest BCUT2D eigenvalue weighted by Gasteiger charge is -2.33. The van der Waals surface area contributed by atoms with Crippen LogP contribution in [0.5, 0.6) is 0 Å². The second-order valence-corrected chi connectivity index (χ2v) is 4.71. The molecule has 1 unspecified atom stereocenters. The van der Waals surface area contributed by atoms with Gasteiger partial charge in [0.1, 0.15) is 12.0 Å². The molecule has 1 aromatic carbocycles. The van der Waals surface area contributed by atoms with E-state index in [1.165, 1.54) is 0 Å². The zero-order valence-corrected chi connectivity index (χ0v) is 9.99. The van der Waals surface area contributed by atoms with Crippen LogP contribution in [-0.2, 0) is 10.4 Å². The van der Waals surface area contributed by atoms with Crippen LogP contribution >= 0.6 is 0 Å². The SMILES string of the molecule is CC(F)(c1cccc(C=O)c1)C1CCOCC1. The summed E-state index contributed by atoms with van der Waals surface area (Å²) in [6.45, 7) is 2.85. The maximum absolute atomic E-state index is 14.9. The van der Waals surface area contributed by atoms with Crippen molar-refractivity contribution in [3.05, 3.63) is 35.4 Å². The van der Waals surface area contributed by atoms with Crippen LogP contribution in [-0.4, -0.2) is 19.5 Å². The van der Waals surface area contributed by atoms with Gasteiger partial charge in [-0.05, 0) is 31.4 Å². The molecule has 0 radical (unpaired) electrons. The third-order valence-electron chi connectivity index (χ3n) is 3.58. The van der Waals surface area contributed by atoms with E-state index in [-0.39, 0.29) is 5.92 Å². The van der Waals surface area contributed by atoms with Crippen LogP contribution in [0.4, 0.5) is 4.39 Å². The average molecular weight is 236 g/mol. The summed E-state index contributed by atoms with van der Waals surface area (Å²) in [4.78, 5) is 10.7. The van der Waals surface area contributed by atoms with Gasteiger partial charge >= 0.3 is 0 Å². The average Bonchev–Trinajstić information content (AvgIpc) is 2.40. The summed E-state index contributed by atoms with van der Waals surface area (Å²) in [5.41, 5.74) is -0.268. The summed E-state index contributed by atoms with van der Waals surface area (Å²) in [6.07, 6.45) is 2.22. The molecule has 0 spiro atoms. The molecule has 0 amide bonds. The lowest BCUT2D eigenvalue weighted by molar-refractivity contribution is -0.00500. The van der Waals surface area contributed by atoms with E-state index in [0.717, 1.165) is 19.1 Å². The first-order valence-corrected chi connectivity index (χ1v) is 5.97. The van der Waals surface area contributed by atoms with Crippen LogP contribution in [0.1, 0.15) is 35.7 Å². The van der Waals surface area contributed by atoms with Gasteiger partial charge in [0.15, 0.2) is 0 Å². The lowest BCUT2D eigenvalue weighted by Crippen LogP contribution is -2.32. The molecule has 0 N–H and O–H groups in total. The van der Waals surface area contributed by atoms with Gasteiger partial charge in [0.25, 0.3) is 0 Å². The highest BCUT2D eigenvalue weighted by Crippen LogP contribution is 2.39. The molecule has 2 nitrogen and oxygen atoms in total. The maximum Gasteiger partial charge on any atom is 0.150 e. The van der Waals surface area contributed by atoms with Crippen LogP contribution in [0.2, 0.25) is 0 Å². The summed E-state index contributed by atoms with van der Waals surface area (Å²) >= 11 is 0. The van der Waals surface area contributed by atoms with Gasteiger partial charge < -0.3 is 4.74 Å². The minimum atomic E-state index is -1.39. The summed E-state index contributed by atoms with van der Waals surface area (Å²) < 4.78 is 20.1. The number of hydrogen-bond acceptors (Lipinski definition) is 2. The zero-order chi connectivity index (χ0) is 12.3. The Kier molecular flexibility index (Phi) is 3.57. The van der Waals surface area contributed by atoms with Crippen LogP contribution in [0.15, 0.2) is 24.3 Å². The first-order valence-electron chi connectivity index (χ1n) is 5.97. The lowest BCUT2D eigenvalue weighted by atomic mass is 9.79. The highest BCUT2D eigenvalue weighted by Gasteiger charge is 2.36. The Hall–Kier alpha value is -1.22. The van der Waals surface area contributed by atoms with Crippen molar-refractivity contribution in [2.45, 2.75) is 25.4 Å². The smallest absolute Gasteiger partial charge is 0.150 e. The third kappa shape index (κ3) is 2.55. The summed E-state index contributed by atoms with van der Waals surface area (Å²) in [6, 6.07) is 6.82. The van der Waals surface area contributed by atoms with Gasteiger partial charge in [-0.15, -0.1) is 0 Å². The maximum atomic E-state index is 14.9. The molecule has 92 valence electrons. The highest BCUT2D eigenvalue weighted by atomic mass is 19.1. The molecule has 1 heterocycles. The van der Waals surface area contributed by atoms with Crippen molar-refractivity contribution >= 4 is 6.29 Å². The molecule has 2 rings (SSSR count). The van der Waals surface area contributed by atoms with Crippen molar-refractivity contribution < 1.29 is 13.9 Å². The van der Waals surface area contributed by atoms with Crippen molar-refractivity contribution in [2.24, 2.45) is 5.92 Å². The van der Waals surface area contributed by atoms with Crippen LogP contribution in [0.25, 0.3) is 0 Å². The van der Waals surface area contributed by atoms with E-state index in [1.54, 1.807) is 31.2 Å². The number of benzene rings is 1. The Morgan fingerprint density at radius 2 is 2.12 bits per heavy atom. The summed E-state index contributed by atoms with van der Waals surface area (Å²) in [7, 11) is 0. The van der Waals surface area contributed by atoms with Crippen molar-refractivity contribution in [3.8, 4) is 0 Å². The number of carbonyl (C=O) groups excluding carboxylic acids is 1. The van der Waals surface area contributed by atoms with Crippen LogP contribution < -0.4 is 0 Å². The number of halogens is 1. The topological polar surface area (TPSA) is 26.3 Å². The number of alkyl halides is 1. The molecule has 1 saturated heterocycles. The van der Waals surface area contributed by atoms with Gasteiger partial charge in [-0.3, -0.25) is 4.79 Å². The van der Waals surface area contributed by atoms with E-state index in [0.29, 0.717) is 24.3 Å². The van der Waals surface area contributed by atoms with Gasteiger partial charge in [0.05, 0.1) is 0 Å². The van der Waals surface area contributed by atoms with Gasteiger partial charge in [-0.1, -0.05) is 18.2 Å².